The summed E-state index contributed by atoms with van der Waals surface area (Å²) in [5.74, 6) is 0.146. The predicted octanol–water partition coefficient (Wildman–Crippen LogP) is 1.61. The lowest BCUT2D eigenvalue weighted by atomic mass is 10.0. The fourth-order valence-corrected chi connectivity index (χ4v) is 2.36. The van der Waals surface area contributed by atoms with Gasteiger partial charge in [0.2, 0.25) is 5.91 Å². The lowest BCUT2D eigenvalue weighted by Crippen LogP contribution is -2.34. The van der Waals surface area contributed by atoms with Gasteiger partial charge < -0.3 is 20.7 Å². The highest BCUT2D eigenvalue weighted by molar-refractivity contribution is 5.92. The summed E-state index contributed by atoms with van der Waals surface area (Å²) in [6.45, 7) is 5.23. The second-order valence-corrected chi connectivity index (χ2v) is 6.04. The molecule has 2 rings (SSSR count). The number of anilines is 1. The molecule has 2 unspecified atom stereocenters. The minimum absolute atomic E-state index is 0.00233. The number of benzene rings is 1. The Kier molecular flexibility index (Phi) is 5.98. The first kappa shape index (κ1) is 17.3. The molecule has 23 heavy (non-hydrogen) atoms. The van der Waals surface area contributed by atoms with E-state index in [0.29, 0.717) is 11.4 Å². The second-order valence-electron chi connectivity index (χ2n) is 6.04. The average molecular weight is 319 g/mol. The van der Waals surface area contributed by atoms with Gasteiger partial charge in [0.25, 0.3) is 5.91 Å². The van der Waals surface area contributed by atoms with Crippen LogP contribution in [0.15, 0.2) is 24.3 Å². The molecule has 3 N–H and O–H groups in total. The minimum Gasteiger partial charge on any atom is -0.484 e. The van der Waals surface area contributed by atoms with E-state index in [4.69, 9.17) is 10.5 Å². The highest BCUT2D eigenvalue weighted by atomic mass is 16.5. The van der Waals surface area contributed by atoms with Gasteiger partial charge in [0.1, 0.15) is 5.75 Å². The molecule has 0 aliphatic carbocycles. The summed E-state index contributed by atoms with van der Waals surface area (Å²) in [5.41, 5.74) is 6.37. The molecule has 0 aromatic heterocycles. The van der Waals surface area contributed by atoms with Crippen LogP contribution in [0.4, 0.5) is 5.69 Å². The van der Waals surface area contributed by atoms with Crippen LogP contribution in [0.5, 0.6) is 5.75 Å². The molecule has 0 bridgehead atoms. The lowest BCUT2D eigenvalue weighted by Gasteiger charge is -2.17. The Morgan fingerprint density at radius 1 is 1.30 bits per heavy atom. The number of amides is 2. The van der Waals surface area contributed by atoms with E-state index in [0.717, 1.165) is 25.9 Å². The van der Waals surface area contributed by atoms with Gasteiger partial charge in [-0.2, -0.15) is 0 Å². The van der Waals surface area contributed by atoms with Crippen LogP contribution in [0.2, 0.25) is 0 Å². The maximum atomic E-state index is 12.0. The maximum absolute atomic E-state index is 12.0. The molecule has 1 aromatic carbocycles. The summed E-state index contributed by atoms with van der Waals surface area (Å²) in [7, 11) is 0. The molecule has 0 saturated carbocycles. The van der Waals surface area contributed by atoms with Crippen molar-refractivity contribution in [2.24, 2.45) is 11.7 Å². The van der Waals surface area contributed by atoms with E-state index in [1.54, 1.807) is 38.1 Å². The van der Waals surface area contributed by atoms with E-state index in [2.05, 4.69) is 5.32 Å². The number of nitrogens with zero attached hydrogens (tertiary/aromatic N) is 1. The Morgan fingerprint density at radius 3 is 2.65 bits per heavy atom. The van der Waals surface area contributed by atoms with Gasteiger partial charge in [-0.3, -0.25) is 9.59 Å². The van der Waals surface area contributed by atoms with Gasteiger partial charge in [-0.1, -0.05) is 13.0 Å². The molecule has 6 heteroatoms. The SMILES string of the molecule is CC(N)C(C)C(=O)Nc1cccc(OCC(=O)N2CCCC2)c1. The number of likely N-dealkylation sites (tertiary alicyclic amines) is 1. The van der Waals surface area contributed by atoms with Crippen molar-refractivity contribution in [2.75, 3.05) is 25.0 Å². The van der Waals surface area contributed by atoms with E-state index < -0.39 is 0 Å². The lowest BCUT2D eigenvalue weighted by molar-refractivity contribution is -0.132. The topological polar surface area (TPSA) is 84.7 Å². The van der Waals surface area contributed by atoms with Gasteiger partial charge in [0, 0.05) is 30.9 Å². The number of hydrogen-bond acceptors (Lipinski definition) is 4. The standard InChI is InChI=1S/C17H25N3O3/c1-12(13(2)18)17(22)19-14-6-5-7-15(10-14)23-11-16(21)20-8-3-4-9-20/h5-7,10,12-13H,3-4,8-9,11,18H2,1-2H3,(H,19,22). The molecule has 1 aliphatic rings. The third-order valence-corrected chi connectivity index (χ3v) is 4.12. The summed E-state index contributed by atoms with van der Waals surface area (Å²) < 4.78 is 5.54. The van der Waals surface area contributed by atoms with Crippen molar-refractivity contribution in [3.05, 3.63) is 24.3 Å². The monoisotopic (exact) mass is 319 g/mol. The van der Waals surface area contributed by atoms with Crippen LogP contribution in [0.3, 0.4) is 0 Å². The fourth-order valence-electron chi connectivity index (χ4n) is 2.36. The molecule has 126 valence electrons. The predicted molar refractivity (Wildman–Crippen MR) is 89.2 cm³/mol. The van der Waals surface area contributed by atoms with E-state index in [1.165, 1.54) is 0 Å². The Morgan fingerprint density at radius 2 is 2.00 bits per heavy atom. The number of nitrogens with one attached hydrogen (secondary N) is 1. The van der Waals surface area contributed by atoms with Crippen LogP contribution in [-0.4, -0.2) is 42.5 Å². The first-order valence-corrected chi connectivity index (χ1v) is 8.04. The van der Waals surface area contributed by atoms with Crippen LogP contribution in [-0.2, 0) is 9.59 Å². The maximum Gasteiger partial charge on any atom is 0.260 e. The third kappa shape index (κ3) is 4.96. The van der Waals surface area contributed by atoms with Crippen LogP contribution >= 0.6 is 0 Å². The zero-order valence-corrected chi connectivity index (χ0v) is 13.7. The Labute approximate surface area is 137 Å². The first-order valence-electron chi connectivity index (χ1n) is 8.04. The highest BCUT2D eigenvalue weighted by Crippen LogP contribution is 2.19. The molecule has 1 aliphatic heterocycles. The van der Waals surface area contributed by atoms with Crippen molar-refractivity contribution in [3.63, 3.8) is 0 Å². The summed E-state index contributed by atoms with van der Waals surface area (Å²) in [6, 6.07) is 6.82. The Hall–Kier alpha value is -2.08. The number of hydrogen-bond donors (Lipinski definition) is 2. The smallest absolute Gasteiger partial charge is 0.260 e. The zero-order chi connectivity index (χ0) is 16.8. The first-order chi connectivity index (χ1) is 11.0. The number of carbonyl (C=O) groups is 2. The van der Waals surface area contributed by atoms with Crippen molar-refractivity contribution in [3.8, 4) is 5.75 Å². The fraction of sp³-hybridized carbons (Fsp3) is 0.529. The highest BCUT2D eigenvalue weighted by Gasteiger charge is 2.19. The molecule has 0 radical (unpaired) electrons. The molecular formula is C17H25N3O3. The summed E-state index contributed by atoms with van der Waals surface area (Å²) in [5, 5.41) is 2.81. The molecular weight excluding hydrogens is 294 g/mol. The second kappa shape index (κ2) is 7.97. The van der Waals surface area contributed by atoms with Crippen molar-refractivity contribution in [1.82, 2.24) is 4.90 Å². The quantitative estimate of drug-likeness (QED) is 0.834. The van der Waals surface area contributed by atoms with Crippen LogP contribution in [0.1, 0.15) is 26.7 Å². The normalized spacial score (nSPS) is 16.7. The van der Waals surface area contributed by atoms with Crippen LogP contribution < -0.4 is 15.8 Å². The molecule has 0 spiro atoms. The van der Waals surface area contributed by atoms with Gasteiger partial charge in [-0.05, 0) is 31.9 Å². The largest absolute Gasteiger partial charge is 0.484 e. The number of rotatable bonds is 6. The van der Waals surface area contributed by atoms with Gasteiger partial charge in [0.15, 0.2) is 6.61 Å². The van der Waals surface area contributed by atoms with E-state index >= 15 is 0 Å². The average Bonchev–Trinajstić information content (AvgIpc) is 3.06. The number of nitrogens with two attached hydrogens (primary N) is 1. The summed E-state index contributed by atoms with van der Waals surface area (Å²) in [4.78, 5) is 25.8. The molecule has 1 fully saturated rings. The van der Waals surface area contributed by atoms with Gasteiger partial charge in [0.05, 0.1) is 5.92 Å². The molecule has 1 saturated heterocycles. The van der Waals surface area contributed by atoms with Gasteiger partial charge in [-0.25, -0.2) is 0 Å². The summed E-state index contributed by atoms with van der Waals surface area (Å²) in [6.07, 6.45) is 2.12. The number of ether oxygens (including phenoxy) is 1. The van der Waals surface area contributed by atoms with Crippen molar-refractivity contribution >= 4 is 17.5 Å². The molecule has 6 nitrogen and oxygen atoms in total. The van der Waals surface area contributed by atoms with E-state index in [1.807, 2.05) is 4.90 Å². The Balaban J connectivity index is 1.89. The molecule has 1 heterocycles. The van der Waals surface area contributed by atoms with Gasteiger partial charge in [-0.15, -0.1) is 0 Å². The van der Waals surface area contributed by atoms with E-state index in [-0.39, 0.29) is 30.4 Å². The van der Waals surface area contributed by atoms with Crippen LogP contribution in [0, 0.1) is 5.92 Å². The minimum atomic E-state index is -0.281. The number of carbonyl (C=O) groups excluding carboxylic acids is 2. The molecule has 2 amide bonds. The van der Waals surface area contributed by atoms with Gasteiger partial charge >= 0.3 is 0 Å². The van der Waals surface area contributed by atoms with Crippen molar-refractivity contribution in [2.45, 2.75) is 32.7 Å². The van der Waals surface area contributed by atoms with E-state index in [9.17, 15) is 9.59 Å². The zero-order valence-electron chi connectivity index (χ0n) is 13.7. The van der Waals surface area contributed by atoms with Crippen molar-refractivity contribution < 1.29 is 14.3 Å². The Bertz CT molecular complexity index is 554. The molecule has 1 aromatic rings. The van der Waals surface area contributed by atoms with Crippen molar-refractivity contribution in [1.29, 1.82) is 0 Å². The third-order valence-electron chi connectivity index (χ3n) is 4.12. The van der Waals surface area contributed by atoms with Crippen LogP contribution in [0.25, 0.3) is 0 Å². The molecule has 2 atom stereocenters. The summed E-state index contributed by atoms with van der Waals surface area (Å²) >= 11 is 0.